The first-order valence-electron chi connectivity index (χ1n) is 6.97. The maximum Gasteiger partial charge on any atom is 0.184 e. The van der Waals surface area contributed by atoms with E-state index in [0.29, 0.717) is 0 Å². The van der Waals surface area contributed by atoms with Crippen LogP contribution in [0.4, 0.5) is 0 Å². The first-order chi connectivity index (χ1) is 10.7. The number of nitrogens with zero attached hydrogens (tertiary/aromatic N) is 3. The van der Waals surface area contributed by atoms with Gasteiger partial charge in [0.25, 0.3) is 0 Å². The van der Waals surface area contributed by atoms with Crippen LogP contribution in [0.5, 0.6) is 0 Å². The largest absolute Gasteiger partial charge is 0.387 e. The predicted molar refractivity (Wildman–Crippen MR) is 74.6 cm³/mol. The van der Waals surface area contributed by atoms with Crippen molar-refractivity contribution in [2.45, 2.75) is 36.9 Å². The van der Waals surface area contributed by atoms with Crippen LogP contribution in [-0.2, 0) is 18.9 Å². The number of benzene rings is 1. The molecule has 1 aromatic rings. The van der Waals surface area contributed by atoms with E-state index in [1.54, 1.807) is 0 Å². The zero-order valence-corrected chi connectivity index (χ0v) is 12.0. The molecule has 3 rings (SSSR count). The van der Waals surface area contributed by atoms with E-state index in [1.807, 2.05) is 30.3 Å². The van der Waals surface area contributed by atoms with Crippen LogP contribution in [0.25, 0.3) is 10.4 Å². The summed E-state index contributed by atoms with van der Waals surface area (Å²) in [6.07, 6.45) is -3.64. The summed E-state index contributed by atoms with van der Waals surface area (Å²) in [6.45, 7) is 0.258. The minimum absolute atomic E-state index is 0.258. The highest BCUT2D eigenvalue weighted by atomic mass is 16.7. The summed E-state index contributed by atoms with van der Waals surface area (Å²) in [5.74, 6) is 0. The van der Waals surface area contributed by atoms with Crippen molar-refractivity contribution in [3.8, 4) is 0 Å². The lowest BCUT2D eigenvalue weighted by Gasteiger charge is -2.46. The lowest BCUT2D eigenvalue weighted by Crippen LogP contribution is -2.61. The minimum atomic E-state index is -1.10. The standard InChI is InChI=1S/C14H17N3O5/c1-19-14-11(18)10(16-17-15)12-9(21-14)7-20-13(22-12)8-5-3-2-4-6-8/h2-6,9-14,18H,7H2,1H3/t9-,10+,11-,12-,13?,14-/m1/s1. The van der Waals surface area contributed by atoms with Gasteiger partial charge in [0.2, 0.25) is 0 Å². The van der Waals surface area contributed by atoms with Crippen LogP contribution in [0.3, 0.4) is 0 Å². The van der Waals surface area contributed by atoms with E-state index >= 15 is 0 Å². The molecular weight excluding hydrogens is 290 g/mol. The quantitative estimate of drug-likeness (QED) is 0.517. The van der Waals surface area contributed by atoms with Crippen LogP contribution in [0.1, 0.15) is 11.9 Å². The summed E-state index contributed by atoms with van der Waals surface area (Å²) in [4.78, 5) is 2.80. The Morgan fingerprint density at radius 2 is 2.09 bits per heavy atom. The van der Waals surface area contributed by atoms with Gasteiger partial charge in [0.15, 0.2) is 12.6 Å². The molecule has 22 heavy (non-hydrogen) atoms. The normalized spacial score (nSPS) is 37.9. The number of hydrogen-bond acceptors (Lipinski definition) is 6. The molecule has 0 spiro atoms. The summed E-state index contributed by atoms with van der Waals surface area (Å²) in [7, 11) is 1.42. The maximum atomic E-state index is 10.2. The Morgan fingerprint density at radius 3 is 2.77 bits per heavy atom. The SMILES string of the molecule is CO[C@@H]1O[C@@H]2COC(c3ccccc3)O[C@H]2[C@@H](N=[N+]=[N-])[C@H]1O. The lowest BCUT2D eigenvalue weighted by molar-refractivity contribution is -0.337. The Balaban J connectivity index is 1.82. The first-order valence-corrected chi connectivity index (χ1v) is 6.97. The Morgan fingerprint density at radius 1 is 1.32 bits per heavy atom. The molecular formula is C14H17N3O5. The number of aliphatic hydroxyl groups excluding tert-OH is 1. The van der Waals surface area contributed by atoms with E-state index in [9.17, 15) is 5.11 Å². The molecule has 0 aromatic heterocycles. The summed E-state index contributed by atoms with van der Waals surface area (Å²) < 4.78 is 22.2. The summed E-state index contributed by atoms with van der Waals surface area (Å²) >= 11 is 0. The number of ether oxygens (including phenoxy) is 4. The van der Waals surface area contributed by atoms with Crippen LogP contribution in [0.2, 0.25) is 0 Å². The minimum Gasteiger partial charge on any atom is -0.387 e. The van der Waals surface area contributed by atoms with Gasteiger partial charge >= 0.3 is 0 Å². The second-order valence-electron chi connectivity index (χ2n) is 5.14. The van der Waals surface area contributed by atoms with E-state index in [-0.39, 0.29) is 6.61 Å². The molecule has 8 nitrogen and oxygen atoms in total. The fourth-order valence-corrected chi connectivity index (χ4v) is 2.75. The van der Waals surface area contributed by atoms with Crippen LogP contribution in [0.15, 0.2) is 35.4 Å². The van der Waals surface area contributed by atoms with Gasteiger partial charge in [-0.2, -0.15) is 0 Å². The van der Waals surface area contributed by atoms with Gasteiger partial charge < -0.3 is 24.1 Å². The van der Waals surface area contributed by atoms with Crippen molar-refractivity contribution >= 4 is 0 Å². The third-order valence-corrected chi connectivity index (χ3v) is 3.82. The van der Waals surface area contributed by atoms with Crippen molar-refractivity contribution in [1.82, 2.24) is 0 Å². The van der Waals surface area contributed by atoms with E-state index in [1.165, 1.54) is 7.11 Å². The van der Waals surface area contributed by atoms with Gasteiger partial charge in [-0.05, 0) is 5.53 Å². The number of fused-ring (bicyclic) bond motifs is 1. The van der Waals surface area contributed by atoms with Crippen molar-refractivity contribution in [2.24, 2.45) is 5.11 Å². The third kappa shape index (κ3) is 2.80. The second kappa shape index (κ2) is 6.62. The predicted octanol–water partition coefficient (Wildman–Crippen LogP) is 1.51. The van der Waals surface area contributed by atoms with E-state index in [4.69, 9.17) is 24.5 Å². The fourth-order valence-electron chi connectivity index (χ4n) is 2.75. The molecule has 0 bridgehead atoms. The molecule has 1 unspecified atom stereocenters. The second-order valence-corrected chi connectivity index (χ2v) is 5.14. The van der Waals surface area contributed by atoms with Crippen molar-refractivity contribution < 1.29 is 24.1 Å². The number of rotatable bonds is 3. The van der Waals surface area contributed by atoms with Gasteiger partial charge in [-0.1, -0.05) is 35.4 Å². The lowest BCUT2D eigenvalue weighted by atomic mass is 9.96. The third-order valence-electron chi connectivity index (χ3n) is 3.82. The Hall–Kier alpha value is -1.67. The van der Waals surface area contributed by atoms with Crippen LogP contribution < -0.4 is 0 Å². The number of hydrogen-bond donors (Lipinski definition) is 1. The summed E-state index contributed by atoms with van der Waals surface area (Å²) in [6, 6.07) is 8.62. The molecule has 0 amide bonds. The Labute approximate surface area is 127 Å². The molecule has 2 aliphatic heterocycles. The number of methoxy groups -OCH3 is 1. The van der Waals surface area contributed by atoms with Crippen molar-refractivity contribution in [2.75, 3.05) is 13.7 Å². The summed E-state index contributed by atoms with van der Waals surface area (Å²) in [5.41, 5.74) is 9.60. The van der Waals surface area contributed by atoms with Crippen LogP contribution >= 0.6 is 0 Å². The molecule has 6 atom stereocenters. The van der Waals surface area contributed by atoms with Crippen molar-refractivity contribution in [1.29, 1.82) is 0 Å². The van der Waals surface area contributed by atoms with E-state index in [2.05, 4.69) is 10.0 Å². The molecule has 1 N–H and O–H groups in total. The molecule has 1 aromatic carbocycles. The van der Waals surface area contributed by atoms with E-state index in [0.717, 1.165) is 5.56 Å². The smallest absolute Gasteiger partial charge is 0.184 e. The Kier molecular flexibility index (Phi) is 4.58. The molecule has 2 fully saturated rings. The van der Waals surface area contributed by atoms with Crippen molar-refractivity contribution in [3.63, 3.8) is 0 Å². The molecule has 118 valence electrons. The zero-order valence-electron chi connectivity index (χ0n) is 12.0. The van der Waals surface area contributed by atoms with Crippen molar-refractivity contribution in [3.05, 3.63) is 46.3 Å². The first kappa shape index (κ1) is 15.2. The highest BCUT2D eigenvalue weighted by Gasteiger charge is 2.49. The number of aliphatic hydroxyl groups is 1. The van der Waals surface area contributed by atoms with Crippen LogP contribution in [-0.4, -0.2) is 49.5 Å². The highest BCUT2D eigenvalue weighted by molar-refractivity contribution is 5.16. The van der Waals surface area contributed by atoms with Gasteiger partial charge in [-0.3, -0.25) is 0 Å². The van der Waals surface area contributed by atoms with Gasteiger partial charge in [-0.15, -0.1) is 0 Å². The van der Waals surface area contributed by atoms with Gasteiger partial charge in [0.05, 0.1) is 12.6 Å². The molecule has 0 saturated carbocycles. The monoisotopic (exact) mass is 307 g/mol. The molecule has 2 aliphatic rings. The highest BCUT2D eigenvalue weighted by Crippen LogP contribution is 2.35. The maximum absolute atomic E-state index is 10.2. The van der Waals surface area contributed by atoms with Gasteiger partial charge in [0.1, 0.15) is 18.3 Å². The molecule has 0 radical (unpaired) electrons. The molecule has 2 heterocycles. The van der Waals surface area contributed by atoms with Gasteiger partial charge in [0, 0.05) is 17.6 Å². The van der Waals surface area contributed by atoms with Gasteiger partial charge in [-0.25, -0.2) is 0 Å². The average Bonchev–Trinajstić information content (AvgIpc) is 2.57. The zero-order chi connectivity index (χ0) is 15.5. The molecule has 0 aliphatic carbocycles. The van der Waals surface area contributed by atoms with Crippen LogP contribution in [0, 0.1) is 0 Å². The molecule has 8 heteroatoms. The Bertz CT molecular complexity index is 551. The molecule has 2 saturated heterocycles. The van der Waals surface area contributed by atoms with E-state index < -0.39 is 36.9 Å². The number of azide groups is 1. The fraction of sp³-hybridized carbons (Fsp3) is 0.571. The summed E-state index contributed by atoms with van der Waals surface area (Å²) in [5, 5.41) is 13.9. The topological polar surface area (TPSA) is 106 Å². The average molecular weight is 307 g/mol.